The van der Waals surface area contributed by atoms with E-state index in [-0.39, 0.29) is 18.3 Å². The van der Waals surface area contributed by atoms with Gasteiger partial charge in [-0.05, 0) is 52.1 Å². The van der Waals surface area contributed by atoms with E-state index in [1.54, 1.807) is 0 Å². The maximum absolute atomic E-state index is 6.14. The third-order valence-corrected chi connectivity index (χ3v) is 4.28. The summed E-state index contributed by atoms with van der Waals surface area (Å²) in [5.41, 5.74) is 0.643. The maximum atomic E-state index is 6.14. The molecule has 0 aliphatic carbocycles. The number of aryl methyl sites for hydroxylation is 1. The topological polar surface area (TPSA) is 18.5 Å². The Labute approximate surface area is 115 Å². The van der Waals surface area contributed by atoms with E-state index in [0.717, 1.165) is 23.3 Å². The van der Waals surface area contributed by atoms with Crippen molar-refractivity contribution in [1.29, 1.82) is 0 Å². The predicted octanol–water partition coefficient (Wildman–Crippen LogP) is 3.97. The zero-order valence-corrected chi connectivity index (χ0v) is 12.3. The van der Waals surface area contributed by atoms with Crippen LogP contribution < -0.4 is 0 Å². The van der Waals surface area contributed by atoms with Crippen molar-refractivity contribution in [2.75, 3.05) is 0 Å². The molecule has 2 rings (SSSR count). The van der Waals surface area contributed by atoms with E-state index in [4.69, 9.17) is 20.9 Å². The van der Waals surface area contributed by atoms with Crippen LogP contribution in [-0.2, 0) is 15.7 Å². The molecule has 2 nitrogen and oxygen atoms in total. The summed E-state index contributed by atoms with van der Waals surface area (Å²) in [6.45, 7) is 8.29. The Morgan fingerprint density at radius 2 is 1.61 bits per heavy atom. The van der Waals surface area contributed by atoms with E-state index in [1.165, 1.54) is 0 Å². The minimum absolute atomic E-state index is 0.147. The molecule has 1 aromatic carbocycles. The lowest BCUT2D eigenvalue weighted by molar-refractivity contribution is 0.00578. The number of rotatable bonds is 3. The molecule has 0 amide bonds. The zero-order valence-electron chi connectivity index (χ0n) is 11.5. The molecule has 0 N–H and O–H groups in total. The van der Waals surface area contributed by atoms with Crippen molar-refractivity contribution >= 4 is 18.7 Å². The van der Waals surface area contributed by atoms with Crippen molar-refractivity contribution in [3.63, 3.8) is 0 Å². The van der Waals surface area contributed by atoms with E-state index >= 15 is 0 Å². The molecule has 1 aromatic rings. The van der Waals surface area contributed by atoms with Crippen LogP contribution in [0.25, 0.3) is 0 Å². The molecule has 0 saturated carbocycles. The zero-order chi connectivity index (χ0) is 13.4. The van der Waals surface area contributed by atoms with Gasteiger partial charge >= 0.3 is 7.12 Å². The SMILES string of the molecule is CC1(C)OB(CCc2ccccc2Cl)OC1(C)C. The van der Waals surface area contributed by atoms with Crippen LogP contribution in [-0.4, -0.2) is 18.3 Å². The third kappa shape index (κ3) is 2.74. The van der Waals surface area contributed by atoms with Gasteiger partial charge in [-0.1, -0.05) is 29.8 Å². The van der Waals surface area contributed by atoms with Crippen molar-refractivity contribution in [3.8, 4) is 0 Å². The molecule has 4 heteroatoms. The van der Waals surface area contributed by atoms with Crippen molar-refractivity contribution < 1.29 is 9.31 Å². The monoisotopic (exact) mass is 266 g/mol. The van der Waals surface area contributed by atoms with Gasteiger partial charge in [-0.15, -0.1) is 0 Å². The number of hydrogen-bond donors (Lipinski definition) is 0. The van der Waals surface area contributed by atoms with E-state index in [2.05, 4.69) is 27.7 Å². The first kappa shape index (κ1) is 13.9. The Hall–Kier alpha value is -0.505. The summed E-state index contributed by atoms with van der Waals surface area (Å²) in [6.07, 6.45) is 1.70. The van der Waals surface area contributed by atoms with Crippen LogP contribution in [0.2, 0.25) is 11.3 Å². The molecule has 98 valence electrons. The summed E-state index contributed by atoms with van der Waals surface area (Å²) >= 11 is 6.14. The van der Waals surface area contributed by atoms with Gasteiger partial charge < -0.3 is 9.31 Å². The molecule has 1 aliphatic heterocycles. The number of halogens is 1. The van der Waals surface area contributed by atoms with Gasteiger partial charge in [0, 0.05) is 5.02 Å². The second-order valence-electron chi connectivity index (χ2n) is 5.82. The molecule has 1 fully saturated rings. The largest absolute Gasteiger partial charge is 0.458 e. The molecule has 0 bridgehead atoms. The second-order valence-corrected chi connectivity index (χ2v) is 6.22. The van der Waals surface area contributed by atoms with Gasteiger partial charge in [-0.25, -0.2) is 0 Å². The minimum Gasteiger partial charge on any atom is -0.403 e. The van der Waals surface area contributed by atoms with Gasteiger partial charge in [0.05, 0.1) is 11.2 Å². The summed E-state index contributed by atoms with van der Waals surface area (Å²) in [5, 5.41) is 0.814. The van der Waals surface area contributed by atoms with Crippen LogP contribution in [0.4, 0.5) is 0 Å². The van der Waals surface area contributed by atoms with Crippen LogP contribution in [0.5, 0.6) is 0 Å². The van der Waals surface area contributed by atoms with E-state index in [9.17, 15) is 0 Å². The lowest BCUT2D eigenvalue weighted by Crippen LogP contribution is -2.41. The number of benzene rings is 1. The van der Waals surface area contributed by atoms with Crippen LogP contribution in [0.15, 0.2) is 24.3 Å². The molecule has 18 heavy (non-hydrogen) atoms. The third-order valence-electron chi connectivity index (χ3n) is 3.91. The van der Waals surface area contributed by atoms with Crippen LogP contribution in [0.1, 0.15) is 33.3 Å². The summed E-state index contributed by atoms with van der Waals surface area (Å²) in [4.78, 5) is 0. The molecule has 1 saturated heterocycles. The lowest BCUT2D eigenvalue weighted by Gasteiger charge is -2.32. The molecule has 1 aliphatic rings. The van der Waals surface area contributed by atoms with Gasteiger partial charge in [-0.2, -0.15) is 0 Å². The predicted molar refractivity (Wildman–Crippen MR) is 76.0 cm³/mol. The van der Waals surface area contributed by atoms with Crippen LogP contribution >= 0.6 is 11.6 Å². The Balaban J connectivity index is 1.96. The quantitative estimate of drug-likeness (QED) is 0.771. The minimum atomic E-state index is -0.252. The first-order chi connectivity index (χ1) is 8.32. The molecule has 1 heterocycles. The molecule has 0 radical (unpaired) electrons. The van der Waals surface area contributed by atoms with Gasteiger partial charge in [0.1, 0.15) is 0 Å². The summed E-state index contributed by atoms with van der Waals surface area (Å²) in [6, 6.07) is 7.92. The fraction of sp³-hybridized carbons (Fsp3) is 0.571. The Morgan fingerprint density at radius 1 is 1.06 bits per heavy atom. The smallest absolute Gasteiger partial charge is 0.403 e. The molecule has 0 atom stereocenters. The Morgan fingerprint density at radius 3 is 2.17 bits per heavy atom. The molecule has 0 unspecified atom stereocenters. The van der Waals surface area contributed by atoms with E-state index < -0.39 is 0 Å². The molecule has 0 spiro atoms. The van der Waals surface area contributed by atoms with Crippen molar-refractivity contribution in [2.24, 2.45) is 0 Å². The molecular weight excluding hydrogens is 246 g/mol. The average Bonchev–Trinajstić information content (AvgIpc) is 2.46. The van der Waals surface area contributed by atoms with Crippen molar-refractivity contribution in [2.45, 2.75) is 51.6 Å². The highest BCUT2D eigenvalue weighted by Crippen LogP contribution is 2.38. The molecular formula is C14H20BClO2. The van der Waals surface area contributed by atoms with Crippen molar-refractivity contribution in [3.05, 3.63) is 34.9 Å². The highest BCUT2D eigenvalue weighted by molar-refractivity contribution is 6.45. The highest BCUT2D eigenvalue weighted by Gasteiger charge is 2.50. The number of hydrogen-bond acceptors (Lipinski definition) is 2. The maximum Gasteiger partial charge on any atom is 0.458 e. The normalized spacial score (nSPS) is 21.3. The van der Waals surface area contributed by atoms with Crippen LogP contribution in [0.3, 0.4) is 0 Å². The fourth-order valence-electron chi connectivity index (χ4n) is 2.06. The average molecular weight is 267 g/mol. The van der Waals surface area contributed by atoms with E-state index in [1.807, 2.05) is 24.3 Å². The van der Waals surface area contributed by atoms with Gasteiger partial charge in [0.25, 0.3) is 0 Å². The Kier molecular flexibility index (Phi) is 3.77. The Bertz CT molecular complexity index is 416. The summed E-state index contributed by atoms with van der Waals surface area (Å²) in [5.74, 6) is 0. The lowest BCUT2D eigenvalue weighted by atomic mass is 9.81. The van der Waals surface area contributed by atoms with Gasteiger partial charge in [0.15, 0.2) is 0 Å². The second kappa shape index (κ2) is 4.88. The first-order valence-electron chi connectivity index (χ1n) is 6.41. The van der Waals surface area contributed by atoms with Crippen molar-refractivity contribution in [1.82, 2.24) is 0 Å². The van der Waals surface area contributed by atoms with E-state index in [0.29, 0.717) is 0 Å². The van der Waals surface area contributed by atoms with Gasteiger partial charge in [-0.3, -0.25) is 0 Å². The summed E-state index contributed by atoms with van der Waals surface area (Å²) in [7, 11) is -0.147. The van der Waals surface area contributed by atoms with Gasteiger partial charge in [0.2, 0.25) is 0 Å². The fourth-order valence-corrected chi connectivity index (χ4v) is 2.29. The summed E-state index contributed by atoms with van der Waals surface area (Å²) < 4.78 is 11.9. The first-order valence-corrected chi connectivity index (χ1v) is 6.79. The molecule has 0 aromatic heterocycles. The van der Waals surface area contributed by atoms with Crippen LogP contribution in [0, 0.1) is 0 Å². The standard InChI is InChI=1S/C14H20BClO2/c1-13(2)14(3,4)18-15(17-13)10-9-11-7-5-6-8-12(11)16/h5-8H,9-10H2,1-4H3. The highest BCUT2D eigenvalue weighted by atomic mass is 35.5.